The van der Waals surface area contributed by atoms with Gasteiger partial charge in [-0.25, -0.2) is 4.98 Å². The molecule has 28 heavy (non-hydrogen) atoms. The van der Waals surface area contributed by atoms with E-state index in [1.54, 1.807) is 0 Å². The molecule has 5 heteroatoms. The first-order chi connectivity index (χ1) is 13.5. The van der Waals surface area contributed by atoms with Crippen molar-refractivity contribution < 1.29 is 9.53 Å². The van der Waals surface area contributed by atoms with Gasteiger partial charge in [-0.05, 0) is 44.4 Å². The summed E-state index contributed by atoms with van der Waals surface area (Å²) in [5.41, 5.74) is 6.03. The number of fused-ring (bicyclic) bond motifs is 1. The minimum atomic E-state index is 0.226. The second kappa shape index (κ2) is 7.66. The van der Waals surface area contributed by atoms with E-state index in [0.29, 0.717) is 25.5 Å². The van der Waals surface area contributed by atoms with Gasteiger partial charge in [-0.3, -0.25) is 4.79 Å². The molecule has 0 radical (unpaired) electrons. The van der Waals surface area contributed by atoms with Gasteiger partial charge in [-0.1, -0.05) is 29.8 Å². The molecule has 0 atom stereocenters. The topological polar surface area (TPSA) is 47.4 Å². The molecule has 0 spiro atoms. The first-order valence-corrected chi connectivity index (χ1v) is 9.95. The molecule has 0 aliphatic carbocycles. The molecule has 3 aromatic rings. The summed E-state index contributed by atoms with van der Waals surface area (Å²) >= 11 is 0. The van der Waals surface area contributed by atoms with Crippen molar-refractivity contribution in [2.75, 3.05) is 19.7 Å². The predicted molar refractivity (Wildman–Crippen MR) is 111 cm³/mol. The Morgan fingerprint density at radius 2 is 2.04 bits per heavy atom. The number of aromatic nitrogens is 2. The molecule has 0 saturated carbocycles. The van der Waals surface area contributed by atoms with E-state index >= 15 is 0 Å². The number of nitrogens with zero attached hydrogens (tertiary/aromatic N) is 3. The van der Waals surface area contributed by atoms with Crippen molar-refractivity contribution in [2.24, 2.45) is 0 Å². The van der Waals surface area contributed by atoms with Gasteiger partial charge in [0.25, 0.3) is 0 Å². The third kappa shape index (κ3) is 3.49. The smallest absolute Gasteiger partial charge is 0.238 e. The van der Waals surface area contributed by atoms with Crippen LogP contribution in [-0.2, 0) is 11.3 Å². The maximum Gasteiger partial charge on any atom is 0.238 e. The Morgan fingerprint density at radius 1 is 1.18 bits per heavy atom. The zero-order valence-electron chi connectivity index (χ0n) is 16.9. The molecule has 1 aromatic carbocycles. The molecule has 2 aromatic heterocycles. The van der Waals surface area contributed by atoms with E-state index in [1.165, 1.54) is 27.8 Å². The van der Waals surface area contributed by atoms with Crippen LogP contribution in [0.4, 0.5) is 0 Å². The quantitative estimate of drug-likeness (QED) is 0.652. The minimum Gasteiger partial charge on any atom is -0.474 e. The average molecular weight is 377 g/mol. The Balaban J connectivity index is 1.63. The molecule has 1 aliphatic rings. The highest BCUT2D eigenvalue weighted by molar-refractivity contribution is 5.89. The molecular weight excluding hydrogens is 350 g/mol. The number of carbonyl (C=O) groups is 1. The van der Waals surface area contributed by atoms with Crippen molar-refractivity contribution in [2.45, 2.75) is 40.2 Å². The van der Waals surface area contributed by atoms with Gasteiger partial charge in [0.1, 0.15) is 12.1 Å². The lowest BCUT2D eigenvalue weighted by Gasteiger charge is -2.16. The fourth-order valence-corrected chi connectivity index (χ4v) is 4.05. The highest BCUT2D eigenvalue weighted by atomic mass is 16.5. The average Bonchev–Trinajstić information content (AvgIpc) is 3.19. The molecule has 1 amide bonds. The van der Waals surface area contributed by atoms with Crippen molar-refractivity contribution in [1.82, 2.24) is 14.5 Å². The van der Waals surface area contributed by atoms with Gasteiger partial charge < -0.3 is 14.2 Å². The Bertz CT molecular complexity index is 1020. The monoisotopic (exact) mass is 377 g/mol. The lowest BCUT2D eigenvalue weighted by molar-refractivity contribution is -0.128. The van der Waals surface area contributed by atoms with Crippen LogP contribution in [0.1, 0.15) is 35.2 Å². The molecule has 1 saturated heterocycles. The van der Waals surface area contributed by atoms with Crippen molar-refractivity contribution in [3.63, 3.8) is 0 Å². The SMILES string of the molecule is Cc1cccc(Cn2c(C)c(C)c3ccnc(OCCN4CCCC4=O)c32)c1. The van der Waals surface area contributed by atoms with Gasteiger partial charge in [0.2, 0.25) is 11.8 Å². The normalized spacial score (nSPS) is 14.2. The van der Waals surface area contributed by atoms with Crippen molar-refractivity contribution in [3.8, 4) is 5.88 Å². The maximum absolute atomic E-state index is 11.8. The standard InChI is InChI=1S/C23H27N3O2/c1-16-6-4-7-19(14-16)15-26-18(3)17(2)20-9-10-24-23(22(20)26)28-13-12-25-11-5-8-21(25)27/h4,6-7,9-10,14H,5,8,11-13,15H2,1-3H3. The highest BCUT2D eigenvalue weighted by Gasteiger charge is 2.21. The second-order valence-corrected chi connectivity index (χ2v) is 7.63. The fraction of sp³-hybridized carbons (Fsp3) is 0.391. The van der Waals surface area contributed by atoms with E-state index in [0.717, 1.165) is 25.0 Å². The molecule has 1 fully saturated rings. The molecule has 5 nitrogen and oxygen atoms in total. The summed E-state index contributed by atoms with van der Waals surface area (Å²) in [6, 6.07) is 10.6. The molecule has 0 unspecified atom stereocenters. The number of ether oxygens (including phenoxy) is 1. The minimum absolute atomic E-state index is 0.226. The summed E-state index contributed by atoms with van der Waals surface area (Å²) in [6.45, 7) is 9.12. The van der Waals surface area contributed by atoms with Crippen LogP contribution in [-0.4, -0.2) is 40.1 Å². The Morgan fingerprint density at radius 3 is 2.79 bits per heavy atom. The predicted octanol–water partition coefficient (Wildman–Crippen LogP) is 4.01. The van der Waals surface area contributed by atoms with Crippen LogP contribution in [0.5, 0.6) is 5.88 Å². The van der Waals surface area contributed by atoms with Gasteiger partial charge in [-0.15, -0.1) is 0 Å². The van der Waals surface area contributed by atoms with E-state index in [2.05, 4.69) is 60.7 Å². The van der Waals surface area contributed by atoms with Crippen molar-refractivity contribution in [3.05, 3.63) is 58.9 Å². The summed E-state index contributed by atoms with van der Waals surface area (Å²) in [7, 11) is 0. The number of amides is 1. The van der Waals surface area contributed by atoms with Gasteiger partial charge in [-0.2, -0.15) is 0 Å². The second-order valence-electron chi connectivity index (χ2n) is 7.63. The number of pyridine rings is 1. The van der Waals surface area contributed by atoms with Crippen LogP contribution >= 0.6 is 0 Å². The van der Waals surface area contributed by atoms with Crippen molar-refractivity contribution >= 4 is 16.8 Å². The first-order valence-electron chi connectivity index (χ1n) is 9.95. The summed E-state index contributed by atoms with van der Waals surface area (Å²) in [5, 5.41) is 1.17. The van der Waals surface area contributed by atoms with Gasteiger partial charge in [0, 0.05) is 36.8 Å². The van der Waals surface area contributed by atoms with Gasteiger partial charge in [0.15, 0.2) is 0 Å². The largest absolute Gasteiger partial charge is 0.474 e. The highest BCUT2D eigenvalue weighted by Crippen LogP contribution is 2.31. The van der Waals surface area contributed by atoms with E-state index in [4.69, 9.17) is 4.74 Å². The molecule has 0 bridgehead atoms. The lowest BCUT2D eigenvalue weighted by Crippen LogP contribution is -2.29. The first kappa shape index (κ1) is 18.5. The molecule has 0 N–H and O–H groups in total. The number of likely N-dealkylation sites (tertiary alicyclic amines) is 1. The van der Waals surface area contributed by atoms with Crippen LogP contribution < -0.4 is 4.74 Å². The Labute approximate surface area is 165 Å². The Hall–Kier alpha value is -2.82. The van der Waals surface area contributed by atoms with Crippen LogP contribution in [0.25, 0.3) is 10.9 Å². The molecular formula is C23H27N3O2. The molecule has 4 rings (SSSR count). The van der Waals surface area contributed by atoms with Crippen LogP contribution in [0, 0.1) is 20.8 Å². The number of carbonyl (C=O) groups excluding carboxylic acids is 1. The summed E-state index contributed by atoms with van der Waals surface area (Å²) in [4.78, 5) is 18.2. The number of benzene rings is 1. The maximum atomic E-state index is 11.8. The zero-order valence-corrected chi connectivity index (χ0v) is 16.9. The molecule has 146 valence electrons. The van der Waals surface area contributed by atoms with E-state index in [-0.39, 0.29) is 5.91 Å². The number of hydrogen-bond acceptors (Lipinski definition) is 3. The molecule has 3 heterocycles. The lowest BCUT2D eigenvalue weighted by atomic mass is 10.1. The van der Waals surface area contributed by atoms with Crippen LogP contribution in [0.2, 0.25) is 0 Å². The molecule has 1 aliphatic heterocycles. The van der Waals surface area contributed by atoms with Gasteiger partial charge >= 0.3 is 0 Å². The van der Waals surface area contributed by atoms with Gasteiger partial charge in [0.05, 0.1) is 6.54 Å². The third-order valence-corrected chi connectivity index (χ3v) is 5.71. The third-order valence-electron chi connectivity index (χ3n) is 5.71. The zero-order chi connectivity index (χ0) is 19.7. The van der Waals surface area contributed by atoms with E-state index in [9.17, 15) is 4.79 Å². The van der Waals surface area contributed by atoms with E-state index < -0.39 is 0 Å². The fourth-order valence-electron chi connectivity index (χ4n) is 4.05. The number of rotatable bonds is 6. The Kier molecular flexibility index (Phi) is 5.07. The number of hydrogen-bond donors (Lipinski definition) is 0. The van der Waals surface area contributed by atoms with Crippen LogP contribution in [0.3, 0.4) is 0 Å². The summed E-state index contributed by atoms with van der Waals surface area (Å²) < 4.78 is 8.37. The van der Waals surface area contributed by atoms with Crippen LogP contribution in [0.15, 0.2) is 36.5 Å². The summed E-state index contributed by atoms with van der Waals surface area (Å²) in [6.07, 6.45) is 3.41. The number of aryl methyl sites for hydroxylation is 2. The summed E-state index contributed by atoms with van der Waals surface area (Å²) in [5.74, 6) is 0.872. The van der Waals surface area contributed by atoms with Crippen molar-refractivity contribution in [1.29, 1.82) is 0 Å². The van der Waals surface area contributed by atoms with E-state index in [1.807, 2.05) is 11.1 Å².